The summed E-state index contributed by atoms with van der Waals surface area (Å²) in [7, 11) is 0. The van der Waals surface area contributed by atoms with Gasteiger partial charge in [0.15, 0.2) is 0 Å². The van der Waals surface area contributed by atoms with Gasteiger partial charge in [0.1, 0.15) is 11.6 Å². The van der Waals surface area contributed by atoms with Gasteiger partial charge in [0.05, 0.1) is 18.8 Å². The van der Waals surface area contributed by atoms with Gasteiger partial charge >= 0.3 is 0 Å². The molecule has 2 aliphatic heterocycles. The van der Waals surface area contributed by atoms with Crippen LogP contribution in [0.4, 0.5) is 8.78 Å². The second-order valence-corrected chi connectivity index (χ2v) is 7.30. The number of ether oxygens (including phenoxy) is 1. The molecule has 0 radical (unpaired) electrons. The third-order valence-corrected chi connectivity index (χ3v) is 5.61. The molecule has 7 heteroatoms. The van der Waals surface area contributed by atoms with Gasteiger partial charge in [0, 0.05) is 37.9 Å². The first-order valence-corrected chi connectivity index (χ1v) is 9.26. The Kier molecular flexibility index (Phi) is 6.58. The molecule has 26 heavy (non-hydrogen) atoms. The Balaban J connectivity index is 1.67. The second kappa shape index (κ2) is 8.71. The van der Waals surface area contributed by atoms with Crippen LogP contribution in [0.25, 0.3) is 0 Å². The van der Waals surface area contributed by atoms with Crippen LogP contribution in [-0.2, 0) is 11.2 Å². The average Bonchev–Trinajstić information content (AvgIpc) is 2.64. The van der Waals surface area contributed by atoms with Gasteiger partial charge in [0.25, 0.3) is 0 Å². The topological polar surface area (TPSA) is 73.2 Å². The molecule has 3 atom stereocenters. The van der Waals surface area contributed by atoms with Crippen molar-refractivity contribution in [3.63, 3.8) is 0 Å². The minimum Gasteiger partial charge on any atom is -0.395 e. The highest BCUT2D eigenvalue weighted by Gasteiger charge is 2.33. The SMILES string of the molecule is OC[C@H]1CC(O)[C@@H](O)CN1CCc1c(F)cc(C2CCOCC2)cc1F. The van der Waals surface area contributed by atoms with Crippen molar-refractivity contribution in [2.45, 2.75) is 49.9 Å². The Bertz CT molecular complexity index is 586. The highest BCUT2D eigenvalue weighted by molar-refractivity contribution is 5.29. The van der Waals surface area contributed by atoms with E-state index in [0.717, 1.165) is 12.8 Å². The van der Waals surface area contributed by atoms with E-state index in [-0.39, 0.29) is 43.5 Å². The Labute approximate surface area is 152 Å². The summed E-state index contributed by atoms with van der Waals surface area (Å²) in [6.07, 6.45) is 0.129. The fraction of sp³-hybridized carbons (Fsp3) is 0.684. The van der Waals surface area contributed by atoms with Crippen molar-refractivity contribution in [2.75, 3.05) is 32.9 Å². The maximum absolute atomic E-state index is 14.5. The lowest BCUT2D eigenvalue weighted by molar-refractivity contribution is -0.0704. The number of aliphatic hydroxyl groups is 3. The van der Waals surface area contributed by atoms with E-state index in [2.05, 4.69) is 0 Å². The summed E-state index contributed by atoms with van der Waals surface area (Å²) in [6.45, 7) is 1.54. The Morgan fingerprint density at radius 2 is 1.73 bits per heavy atom. The van der Waals surface area contributed by atoms with Crippen LogP contribution >= 0.6 is 0 Å². The minimum atomic E-state index is -0.914. The van der Waals surface area contributed by atoms with Crippen LogP contribution in [0, 0.1) is 11.6 Å². The monoisotopic (exact) mass is 371 g/mol. The van der Waals surface area contributed by atoms with Crippen molar-refractivity contribution < 1.29 is 28.8 Å². The lowest BCUT2D eigenvalue weighted by Gasteiger charge is -2.39. The number of aliphatic hydroxyl groups excluding tert-OH is 3. The zero-order valence-corrected chi connectivity index (χ0v) is 14.8. The Morgan fingerprint density at radius 1 is 1.08 bits per heavy atom. The van der Waals surface area contributed by atoms with E-state index >= 15 is 0 Å². The molecule has 0 spiro atoms. The van der Waals surface area contributed by atoms with Crippen molar-refractivity contribution in [3.05, 3.63) is 34.9 Å². The number of benzene rings is 1. The summed E-state index contributed by atoms with van der Waals surface area (Å²) < 4.78 is 34.3. The number of hydrogen-bond donors (Lipinski definition) is 3. The van der Waals surface area contributed by atoms with Gasteiger partial charge in [0.2, 0.25) is 0 Å². The van der Waals surface area contributed by atoms with E-state index in [1.807, 2.05) is 0 Å². The van der Waals surface area contributed by atoms with Crippen molar-refractivity contribution >= 4 is 0 Å². The highest BCUT2D eigenvalue weighted by atomic mass is 19.1. The average molecular weight is 371 g/mol. The Hall–Kier alpha value is -1.12. The zero-order chi connectivity index (χ0) is 18.7. The van der Waals surface area contributed by atoms with Gasteiger partial charge in [-0.1, -0.05) is 0 Å². The molecule has 1 unspecified atom stereocenters. The number of β-amino-alcohol motifs (C(OH)–C–C–N with tert-alkyl or cyclic N) is 1. The molecule has 0 aromatic heterocycles. The molecular formula is C19H27F2NO4. The van der Waals surface area contributed by atoms with E-state index < -0.39 is 23.8 Å². The van der Waals surface area contributed by atoms with Gasteiger partial charge < -0.3 is 20.1 Å². The molecule has 0 aliphatic carbocycles. The number of hydrogen-bond acceptors (Lipinski definition) is 5. The molecular weight excluding hydrogens is 344 g/mol. The minimum absolute atomic E-state index is 0.0260. The molecule has 2 heterocycles. The number of rotatable bonds is 5. The molecule has 0 bridgehead atoms. The zero-order valence-electron chi connectivity index (χ0n) is 14.8. The van der Waals surface area contributed by atoms with E-state index in [1.54, 1.807) is 4.90 Å². The normalized spacial score (nSPS) is 28.4. The van der Waals surface area contributed by atoms with E-state index in [9.17, 15) is 24.1 Å². The first-order valence-electron chi connectivity index (χ1n) is 9.26. The predicted octanol–water partition coefficient (Wildman–Crippen LogP) is 1.19. The van der Waals surface area contributed by atoms with Gasteiger partial charge in [-0.05, 0) is 49.3 Å². The van der Waals surface area contributed by atoms with Gasteiger partial charge in [-0.3, -0.25) is 4.90 Å². The molecule has 3 rings (SSSR count). The summed E-state index contributed by atoms with van der Waals surface area (Å²) in [5, 5.41) is 29.0. The van der Waals surface area contributed by atoms with Crippen LogP contribution in [0.3, 0.4) is 0 Å². The molecule has 2 fully saturated rings. The molecule has 2 aliphatic rings. The number of piperidine rings is 1. The largest absolute Gasteiger partial charge is 0.395 e. The van der Waals surface area contributed by atoms with E-state index in [4.69, 9.17) is 4.74 Å². The quantitative estimate of drug-likeness (QED) is 0.725. The fourth-order valence-electron chi connectivity index (χ4n) is 3.94. The highest BCUT2D eigenvalue weighted by Crippen LogP contribution is 2.30. The molecule has 5 nitrogen and oxygen atoms in total. The molecule has 2 saturated heterocycles. The molecule has 3 N–H and O–H groups in total. The maximum Gasteiger partial charge on any atom is 0.129 e. The number of nitrogens with zero attached hydrogens (tertiary/aromatic N) is 1. The molecule has 0 amide bonds. The van der Waals surface area contributed by atoms with Crippen molar-refractivity contribution in [2.24, 2.45) is 0 Å². The van der Waals surface area contributed by atoms with Crippen LogP contribution in [0.15, 0.2) is 12.1 Å². The fourth-order valence-corrected chi connectivity index (χ4v) is 3.94. The summed E-state index contributed by atoms with van der Waals surface area (Å²) in [4.78, 5) is 1.78. The summed E-state index contributed by atoms with van der Waals surface area (Å²) in [5.41, 5.74) is 0.704. The van der Waals surface area contributed by atoms with E-state index in [0.29, 0.717) is 25.3 Å². The lowest BCUT2D eigenvalue weighted by Crippen LogP contribution is -2.54. The third kappa shape index (κ3) is 4.40. The van der Waals surface area contributed by atoms with Gasteiger partial charge in [-0.25, -0.2) is 8.78 Å². The molecule has 0 saturated carbocycles. The first kappa shape index (κ1) is 19.6. The van der Waals surface area contributed by atoms with Crippen molar-refractivity contribution in [1.82, 2.24) is 4.90 Å². The van der Waals surface area contributed by atoms with Crippen LogP contribution < -0.4 is 0 Å². The standard InChI is InChI=1S/C19H27F2NO4/c20-16-7-13(12-2-5-26-6-3-12)8-17(21)15(16)1-4-22-10-19(25)18(24)9-14(22)11-23/h7-8,12,14,18-19,23-25H,1-6,9-11H2/t14-,18?,19+/m1/s1. The van der Waals surface area contributed by atoms with E-state index in [1.165, 1.54) is 12.1 Å². The Morgan fingerprint density at radius 3 is 2.35 bits per heavy atom. The molecule has 1 aromatic carbocycles. The second-order valence-electron chi connectivity index (χ2n) is 7.30. The summed E-state index contributed by atoms with van der Waals surface area (Å²) in [6, 6.07) is 2.53. The number of halogens is 2. The number of likely N-dealkylation sites (tertiary alicyclic amines) is 1. The summed E-state index contributed by atoms with van der Waals surface area (Å²) >= 11 is 0. The van der Waals surface area contributed by atoms with Crippen LogP contribution in [0.1, 0.15) is 36.3 Å². The lowest BCUT2D eigenvalue weighted by atomic mass is 9.90. The van der Waals surface area contributed by atoms with Crippen molar-refractivity contribution in [3.8, 4) is 0 Å². The van der Waals surface area contributed by atoms with Gasteiger partial charge in [-0.2, -0.15) is 0 Å². The van der Waals surface area contributed by atoms with Crippen LogP contribution in [-0.4, -0.2) is 71.4 Å². The van der Waals surface area contributed by atoms with Gasteiger partial charge in [-0.15, -0.1) is 0 Å². The summed E-state index contributed by atoms with van der Waals surface area (Å²) in [5.74, 6) is -0.978. The molecule has 1 aromatic rings. The smallest absolute Gasteiger partial charge is 0.129 e. The maximum atomic E-state index is 14.5. The first-order chi connectivity index (χ1) is 12.5. The third-order valence-electron chi connectivity index (χ3n) is 5.61. The van der Waals surface area contributed by atoms with Crippen molar-refractivity contribution in [1.29, 1.82) is 0 Å². The van der Waals surface area contributed by atoms with Crippen LogP contribution in [0.2, 0.25) is 0 Å². The van der Waals surface area contributed by atoms with Crippen LogP contribution in [0.5, 0.6) is 0 Å². The molecule has 146 valence electrons. The predicted molar refractivity (Wildman–Crippen MR) is 91.9 cm³/mol.